The highest BCUT2D eigenvalue weighted by molar-refractivity contribution is 14.0. The molecule has 1 atom stereocenters. The van der Waals surface area contributed by atoms with Crippen molar-refractivity contribution in [2.24, 2.45) is 4.99 Å². The van der Waals surface area contributed by atoms with Crippen LogP contribution in [0.25, 0.3) is 0 Å². The van der Waals surface area contributed by atoms with E-state index in [2.05, 4.69) is 22.5 Å². The lowest BCUT2D eigenvalue weighted by Crippen LogP contribution is -2.43. The zero-order chi connectivity index (χ0) is 19.5. The number of methoxy groups -OCH3 is 2. The summed E-state index contributed by atoms with van der Waals surface area (Å²) in [6.45, 7) is 6.10. The van der Waals surface area contributed by atoms with Gasteiger partial charge in [0.25, 0.3) is 0 Å². The van der Waals surface area contributed by atoms with Gasteiger partial charge in [0, 0.05) is 19.7 Å². The number of ether oxygens (including phenoxy) is 3. The second-order valence-corrected chi connectivity index (χ2v) is 6.09. The lowest BCUT2D eigenvalue weighted by atomic mass is 10.2. The molecule has 2 N–H and O–H groups in total. The van der Waals surface area contributed by atoms with Crippen LogP contribution in [0, 0.1) is 0 Å². The molecule has 0 heterocycles. The quantitative estimate of drug-likeness (QED) is 0.308. The van der Waals surface area contributed by atoms with Crippen LogP contribution in [0.15, 0.2) is 53.5 Å². The van der Waals surface area contributed by atoms with Crippen molar-refractivity contribution in [3.63, 3.8) is 0 Å². The topological polar surface area (TPSA) is 64.1 Å². The molecule has 154 valence electrons. The first kappa shape index (κ1) is 24.0. The minimum atomic E-state index is 0. The van der Waals surface area contributed by atoms with Crippen LogP contribution in [0.2, 0.25) is 0 Å². The number of hydrogen-bond acceptors (Lipinski definition) is 4. The maximum absolute atomic E-state index is 5.90. The number of hydrogen-bond donors (Lipinski definition) is 2. The molecule has 2 rings (SSSR count). The van der Waals surface area contributed by atoms with E-state index < -0.39 is 0 Å². The summed E-state index contributed by atoms with van der Waals surface area (Å²) >= 11 is 0. The Labute approximate surface area is 184 Å². The molecule has 0 aliphatic carbocycles. The Morgan fingerprint density at radius 2 is 1.71 bits per heavy atom. The van der Waals surface area contributed by atoms with Crippen LogP contribution in [0.5, 0.6) is 17.2 Å². The number of nitrogens with one attached hydrogen (secondary N) is 2. The molecule has 0 radical (unpaired) electrons. The van der Waals surface area contributed by atoms with E-state index in [1.54, 1.807) is 14.2 Å². The van der Waals surface area contributed by atoms with E-state index in [-0.39, 0.29) is 30.0 Å². The van der Waals surface area contributed by atoms with Crippen molar-refractivity contribution in [2.75, 3.05) is 27.4 Å². The fourth-order valence-electron chi connectivity index (χ4n) is 2.51. The molecular formula is C21H30IN3O3. The van der Waals surface area contributed by atoms with E-state index in [4.69, 9.17) is 14.2 Å². The highest BCUT2D eigenvalue weighted by Gasteiger charge is 2.06. The second kappa shape index (κ2) is 13.2. The lowest BCUT2D eigenvalue weighted by molar-refractivity contribution is 0.179. The van der Waals surface area contributed by atoms with Crippen LogP contribution in [0.3, 0.4) is 0 Å². The molecule has 0 spiro atoms. The molecular weight excluding hydrogens is 469 g/mol. The molecule has 7 heteroatoms. The molecule has 0 aliphatic rings. The van der Waals surface area contributed by atoms with E-state index in [1.165, 1.54) is 0 Å². The predicted molar refractivity (Wildman–Crippen MR) is 124 cm³/mol. The predicted octanol–water partition coefficient (Wildman–Crippen LogP) is 4.20. The number of aliphatic imine (C=N–C) groups is 1. The summed E-state index contributed by atoms with van der Waals surface area (Å²) in [7, 11) is 3.32. The number of benzene rings is 2. The summed E-state index contributed by atoms with van der Waals surface area (Å²) in [5, 5.41) is 6.56. The van der Waals surface area contributed by atoms with Gasteiger partial charge in [0.05, 0.1) is 20.3 Å². The molecule has 0 amide bonds. The zero-order valence-electron chi connectivity index (χ0n) is 16.9. The van der Waals surface area contributed by atoms with Crippen LogP contribution in [-0.4, -0.2) is 39.4 Å². The largest absolute Gasteiger partial charge is 0.493 e. The Balaban J connectivity index is 0.00000392. The molecule has 0 aromatic heterocycles. The van der Waals surface area contributed by atoms with Gasteiger partial charge in [-0.1, -0.05) is 24.3 Å². The Morgan fingerprint density at radius 1 is 1.04 bits per heavy atom. The number of halogens is 1. The van der Waals surface area contributed by atoms with Crippen molar-refractivity contribution in [1.82, 2.24) is 10.6 Å². The fourth-order valence-corrected chi connectivity index (χ4v) is 2.51. The van der Waals surface area contributed by atoms with Gasteiger partial charge in [-0.05, 0) is 43.7 Å². The Morgan fingerprint density at radius 3 is 2.32 bits per heavy atom. The highest BCUT2D eigenvalue weighted by atomic mass is 127. The fraction of sp³-hybridized carbons (Fsp3) is 0.381. The van der Waals surface area contributed by atoms with Crippen molar-refractivity contribution in [1.29, 1.82) is 0 Å². The average Bonchev–Trinajstić information content (AvgIpc) is 2.68. The van der Waals surface area contributed by atoms with Crippen molar-refractivity contribution in [2.45, 2.75) is 26.4 Å². The molecule has 0 aliphatic heterocycles. The van der Waals surface area contributed by atoms with Gasteiger partial charge in [-0.3, -0.25) is 0 Å². The van der Waals surface area contributed by atoms with Crippen LogP contribution < -0.4 is 20.1 Å². The van der Waals surface area contributed by atoms with E-state index in [0.29, 0.717) is 24.7 Å². The van der Waals surface area contributed by atoms with Gasteiger partial charge in [-0.2, -0.15) is 0 Å². The standard InChI is InChI=1S/C21H29N3O3.HI/c1-5-22-21(24-16(2)15-25-3)23-14-17-10-12-18(13-11-17)27-20-9-7-6-8-19(20)26-4;/h6-13,16H,5,14-15H2,1-4H3,(H2,22,23,24);1H. The van der Waals surface area contributed by atoms with Gasteiger partial charge in [-0.25, -0.2) is 4.99 Å². The molecule has 1 unspecified atom stereocenters. The van der Waals surface area contributed by atoms with Crippen molar-refractivity contribution < 1.29 is 14.2 Å². The van der Waals surface area contributed by atoms with Crippen LogP contribution in [0.1, 0.15) is 19.4 Å². The van der Waals surface area contributed by atoms with Crippen LogP contribution >= 0.6 is 24.0 Å². The summed E-state index contributed by atoms with van der Waals surface area (Å²) in [6.07, 6.45) is 0. The Kier molecular flexibility index (Phi) is 11.4. The third-order valence-electron chi connectivity index (χ3n) is 3.78. The number of rotatable bonds is 9. The normalized spacial score (nSPS) is 11.9. The SMILES string of the molecule is CCNC(=NCc1ccc(Oc2ccccc2OC)cc1)NC(C)COC.I. The minimum Gasteiger partial charge on any atom is -0.493 e. The summed E-state index contributed by atoms with van der Waals surface area (Å²) < 4.78 is 16.4. The highest BCUT2D eigenvalue weighted by Crippen LogP contribution is 2.30. The smallest absolute Gasteiger partial charge is 0.191 e. The van der Waals surface area contributed by atoms with E-state index in [9.17, 15) is 0 Å². The van der Waals surface area contributed by atoms with Crippen molar-refractivity contribution >= 4 is 29.9 Å². The monoisotopic (exact) mass is 499 g/mol. The molecule has 28 heavy (non-hydrogen) atoms. The van der Waals surface area contributed by atoms with E-state index in [0.717, 1.165) is 23.8 Å². The van der Waals surface area contributed by atoms with Gasteiger partial charge in [0.2, 0.25) is 0 Å². The third-order valence-corrected chi connectivity index (χ3v) is 3.78. The van der Waals surface area contributed by atoms with E-state index in [1.807, 2.05) is 55.5 Å². The first-order valence-corrected chi connectivity index (χ1v) is 9.09. The van der Waals surface area contributed by atoms with Crippen LogP contribution in [-0.2, 0) is 11.3 Å². The Bertz CT molecular complexity index is 723. The average molecular weight is 499 g/mol. The van der Waals surface area contributed by atoms with Crippen molar-refractivity contribution in [3.05, 3.63) is 54.1 Å². The summed E-state index contributed by atoms with van der Waals surface area (Å²) in [5.41, 5.74) is 1.10. The van der Waals surface area contributed by atoms with Crippen molar-refractivity contribution in [3.8, 4) is 17.2 Å². The summed E-state index contributed by atoms with van der Waals surface area (Å²) in [5.74, 6) is 2.93. The molecule has 0 bridgehead atoms. The third kappa shape index (κ3) is 7.93. The maximum Gasteiger partial charge on any atom is 0.191 e. The number of nitrogens with zero attached hydrogens (tertiary/aromatic N) is 1. The number of para-hydroxylation sites is 2. The number of guanidine groups is 1. The first-order valence-electron chi connectivity index (χ1n) is 9.09. The minimum absolute atomic E-state index is 0. The van der Waals surface area contributed by atoms with Gasteiger partial charge in [0.15, 0.2) is 17.5 Å². The van der Waals surface area contributed by atoms with Gasteiger partial charge in [0.1, 0.15) is 5.75 Å². The summed E-state index contributed by atoms with van der Waals surface area (Å²) in [4.78, 5) is 4.63. The van der Waals surface area contributed by atoms with E-state index >= 15 is 0 Å². The first-order chi connectivity index (χ1) is 13.2. The molecule has 0 saturated heterocycles. The maximum atomic E-state index is 5.90. The Hall–Kier alpha value is -2.00. The summed E-state index contributed by atoms with van der Waals surface area (Å²) in [6, 6.07) is 15.7. The molecule has 2 aromatic rings. The zero-order valence-corrected chi connectivity index (χ0v) is 19.2. The van der Waals surface area contributed by atoms with Gasteiger partial charge >= 0.3 is 0 Å². The second-order valence-electron chi connectivity index (χ2n) is 6.09. The molecule has 2 aromatic carbocycles. The molecule has 0 saturated carbocycles. The molecule has 0 fully saturated rings. The lowest BCUT2D eigenvalue weighted by Gasteiger charge is -2.17. The van der Waals surface area contributed by atoms with Gasteiger partial charge in [-0.15, -0.1) is 24.0 Å². The molecule has 6 nitrogen and oxygen atoms in total. The van der Waals surface area contributed by atoms with Crippen LogP contribution in [0.4, 0.5) is 0 Å². The van der Waals surface area contributed by atoms with Gasteiger partial charge < -0.3 is 24.8 Å².